The molecule has 6 heteroatoms. The summed E-state index contributed by atoms with van der Waals surface area (Å²) in [5.74, 6) is 0.318. The van der Waals surface area contributed by atoms with Gasteiger partial charge in [0.15, 0.2) is 0 Å². The Balaban J connectivity index is 1.96. The Bertz CT molecular complexity index is 603. The van der Waals surface area contributed by atoms with Crippen molar-refractivity contribution < 1.29 is 13.9 Å². The zero-order valence-corrected chi connectivity index (χ0v) is 12.8. The molecule has 0 bridgehead atoms. The van der Waals surface area contributed by atoms with Gasteiger partial charge < -0.3 is 14.5 Å². The number of carbonyl (C=O) groups excluding carboxylic acids is 1. The van der Waals surface area contributed by atoms with Gasteiger partial charge in [-0.2, -0.15) is 0 Å². The average molecular weight is 294 g/mol. The van der Waals surface area contributed by atoms with Gasteiger partial charge in [-0.05, 0) is 26.8 Å². The molecule has 2 rings (SSSR count). The minimum atomic E-state index is -0.387. The van der Waals surface area contributed by atoms with E-state index in [0.717, 1.165) is 10.7 Å². The van der Waals surface area contributed by atoms with E-state index in [-0.39, 0.29) is 12.0 Å². The van der Waals surface area contributed by atoms with E-state index in [4.69, 9.17) is 4.42 Å². The highest BCUT2D eigenvalue weighted by atomic mass is 32.1. The maximum absolute atomic E-state index is 11.3. The van der Waals surface area contributed by atoms with Crippen LogP contribution in [0.25, 0.3) is 0 Å². The van der Waals surface area contributed by atoms with Crippen LogP contribution in [0.5, 0.6) is 0 Å². The van der Waals surface area contributed by atoms with Gasteiger partial charge in [-0.3, -0.25) is 0 Å². The molecule has 0 saturated heterocycles. The van der Waals surface area contributed by atoms with Crippen LogP contribution in [0.15, 0.2) is 16.7 Å². The van der Waals surface area contributed by atoms with E-state index in [2.05, 4.69) is 22.0 Å². The van der Waals surface area contributed by atoms with E-state index in [1.54, 1.807) is 17.4 Å². The fourth-order valence-electron chi connectivity index (χ4n) is 1.99. The molecule has 0 radical (unpaired) electrons. The average Bonchev–Trinajstić information content (AvgIpc) is 3.01. The lowest BCUT2D eigenvalue weighted by Crippen LogP contribution is -2.17. The fraction of sp³-hybridized carbons (Fsp3) is 0.429. The normalized spacial score (nSPS) is 12.4. The molecule has 20 heavy (non-hydrogen) atoms. The predicted molar refractivity (Wildman–Crippen MR) is 76.9 cm³/mol. The van der Waals surface area contributed by atoms with Gasteiger partial charge in [-0.1, -0.05) is 0 Å². The smallest absolute Gasteiger partial charge is 0.341 e. The zero-order chi connectivity index (χ0) is 14.7. The molecule has 0 aliphatic rings. The first-order chi connectivity index (χ1) is 9.51. The van der Waals surface area contributed by atoms with Crippen LogP contribution in [0.3, 0.4) is 0 Å². The number of nitrogens with one attached hydrogen (secondary N) is 1. The molecule has 0 fully saturated rings. The molecule has 1 atom stereocenters. The van der Waals surface area contributed by atoms with Crippen molar-refractivity contribution in [1.82, 2.24) is 10.3 Å². The van der Waals surface area contributed by atoms with E-state index >= 15 is 0 Å². The highest BCUT2D eigenvalue weighted by Crippen LogP contribution is 2.24. The van der Waals surface area contributed by atoms with Crippen LogP contribution in [0.4, 0.5) is 0 Å². The van der Waals surface area contributed by atoms with Crippen LogP contribution >= 0.6 is 11.3 Å². The number of furan rings is 1. The summed E-state index contributed by atoms with van der Waals surface area (Å²) in [4.78, 5) is 17.0. The summed E-state index contributed by atoms with van der Waals surface area (Å²) >= 11 is 1.69. The highest BCUT2D eigenvalue weighted by Gasteiger charge is 2.14. The number of hydrogen-bond acceptors (Lipinski definition) is 6. The highest BCUT2D eigenvalue weighted by molar-refractivity contribution is 7.11. The van der Waals surface area contributed by atoms with Crippen LogP contribution in [-0.2, 0) is 11.3 Å². The second kappa shape index (κ2) is 6.19. The lowest BCUT2D eigenvalue weighted by Gasteiger charge is -2.11. The lowest BCUT2D eigenvalue weighted by molar-refractivity contribution is 0.0600. The number of aryl methyl sites for hydroxylation is 2. The van der Waals surface area contributed by atoms with E-state index in [1.807, 2.05) is 13.8 Å². The largest absolute Gasteiger partial charge is 0.467 e. The van der Waals surface area contributed by atoms with Gasteiger partial charge in [0.1, 0.15) is 12.0 Å². The molecule has 0 saturated carbocycles. The predicted octanol–water partition coefficient (Wildman–Crippen LogP) is 2.99. The molecule has 0 spiro atoms. The standard InChI is InChI=1S/C14H18N2O3S/c1-8(13-9(2)16-10(3)20-13)15-6-12-5-11(7-19-12)14(17)18-4/h5,7-8,15H,6H2,1-4H3. The summed E-state index contributed by atoms with van der Waals surface area (Å²) in [5.41, 5.74) is 1.49. The molecule has 108 valence electrons. The van der Waals surface area contributed by atoms with Crippen LogP contribution in [-0.4, -0.2) is 18.1 Å². The summed E-state index contributed by atoms with van der Waals surface area (Å²) in [7, 11) is 1.35. The Kier molecular flexibility index (Phi) is 4.57. The number of carbonyl (C=O) groups is 1. The molecule has 0 aliphatic carbocycles. The van der Waals surface area contributed by atoms with Gasteiger partial charge in [0.25, 0.3) is 0 Å². The monoisotopic (exact) mass is 294 g/mol. The molecular weight excluding hydrogens is 276 g/mol. The third kappa shape index (κ3) is 3.26. The molecule has 2 aromatic rings. The summed E-state index contributed by atoms with van der Waals surface area (Å²) in [6.07, 6.45) is 1.41. The van der Waals surface area contributed by atoms with Crippen LogP contribution in [0.1, 0.15) is 44.7 Å². The lowest BCUT2D eigenvalue weighted by atomic mass is 10.2. The van der Waals surface area contributed by atoms with Crippen molar-refractivity contribution in [2.75, 3.05) is 7.11 Å². The Morgan fingerprint density at radius 3 is 2.90 bits per heavy atom. The van der Waals surface area contributed by atoms with Crippen molar-refractivity contribution in [3.8, 4) is 0 Å². The Morgan fingerprint density at radius 1 is 1.55 bits per heavy atom. The van der Waals surface area contributed by atoms with Gasteiger partial charge in [0.05, 0.1) is 29.9 Å². The maximum atomic E-state index is 11.3. The van der Waals surface area contributed by atoms with Gasteiger partial charge in [0.2, 0.25) is 0 Å². The number of hydrogen-bond donors (Lipinski definition) is 1. The van der Waals surface area contributed by atoms with Crippen molar-refractivity contribution in [3.05, 3.63) is 39.2 Å². The number of thiazole rings is 1. The molecule has 5 nitrogen and oxygen atoms in total. The van der Waals surface area contributed by atoms with E-state index in [1.165, 1.54) is 18.3 Å². The van der Waals surface area contributed by atoms with Crippen molar-refractivity contribution in [3.63, 3.8) is 0 Å². The number of nitrogens with zero attached hydrogens (tertiary/aromatic N) is 1. The minimum Gasteiger partial charge on any atom is -0.467 e. The van der Waals surface area contributed by atoms with Crippen LogP contribution in [0, 0.1) is 13.8 Å². The van der Waals surface area contributed by atoms with E-state index < -0.39 is 0 Å². The summed E-state index contributed by atoms with van der Waals surface area (Å²) < 4.78 is 9.97. The molecule has 0 amide bonds. The topological polar surface area (TPSA) is 64.4 Å². The van der Waals surface area contributed by atoms with Crippen molar-refractivity contribution in [2.45, 2.75) is 33.4 Å². The molecule has 0 aromatic carbocycles. The molecule has 0 aliphatic heterocycles. The molecule has 1 unspecified atom stereocenters. The Labute approximate surface area is 122 Å². The van der Waals surface area contributed by atoms with Crippen molar-refractivity contribution >= 4 is 17.3 Å². The molecular formula is C14H18N2O3S. The number of methoxy groups -OCH3 is 1. The van der Waals surface area contributed by atoms with Gasteiger partial charge >= 0.3 is 5.97 Å². The van der Waals surface area contributed by atoms with E-state index in [9.17, 15) is 4.79 Å². The van der Waals surface area contributed by atoms with Crippen LogP contribution in [0.2, 0.25) is 0 Å². The number of rotatable bonds is 5. The van der Waals surface area contributed by atoms with Crippen LogP contribution < -0.4 is 5.32 Å². The minimum absolute atomic E-state index is 0.188. The fourth-order valence-corrected chi connectivity index (χ4v) is 2.95. The first kappa shape index (κ1) is 14.7. The first-order valence-corrected chi connectivity index (χ1v) is 7.16. The third-order valence-corrected chi connectivity index (χ3v) is 4.25. The molecule has 2 heterocycles. The second-order valence-corrected chi connectivity index (χ2v) is 5.81. The molecule has 2 aromatic heterocycles. The number of aromatic nitrogens is 1. The maximum Gasteiger partial charge on any atom is 0.341 e. The Morgan fingerprint density at radius 2 is 2.30 bits per heavy atom. The van der Waals surface area contributed by atoms with Crippen molar-refractivity contribution in [2.24, 2.45) is 0 Å². The number of esters is 1. The summed E-state index contributed by atoms with van der Waals surface area (Å²) in [5, 5.41) is 4.43. The Hall–Kier alpha value is -1.66. The zero-order valence-electron chi connectivity index (χ0n) is 12.0. The first-order valence-electron chi connectivity index (χ1n) is 6.34. The van der Waals surface area contributed by atoms with Gasteiger partial charge in [-0.25, -0.2) is 9.78 Å². The summed E-state index contributed by atoms with van der Waals surface area (Å²) in [6.45, 7) is 6.65. The van der Waals surface area contributed by atoms with Gasteiger partial charge in [-0.15, -0.1) is 11.3 Å². The quantitative estimate of drug-likeness (QED) is 0.859. The summed E-state index contributed by atoms with van der Waals surface area (Å²) in [6, 6.07) is 1.88. The van der Waals surface area contributed by atoms with E-state index in [0.29, 0.717) is 17.9 Å². The molecule has 1 N–H and O–H groups in total. The second-order valence-electron chi connectivity index (χ2n) is 4.58. The van der Waals surface area contributed by atoms with Crippen molar-refractivity contribution in [1.29, 1.82) is 0 Å². The SMILES string of the molecule is COC(=O)c1coc(CNC(C)c2sc(C)nc2C)c1. The number of ether oxygens (including phenoxy) is 1. The van der Waals surface area contributed by atoms with Gasteiger partial charge in [0, 0.05) is 10.9 Å². The third-order valence-electron chi connectivity index (χ3n) is 2.99.